The Bertz CT molecular complexity index is 1260. The van der Waals surface area contributed by atoms with Crippen molar-refractivity contribution < 1.29 is 17.9 Å². The Balaban J connectivity index is 1.49. The molecular formula is C19H18ClF3N8O. The van der Waals surface area contributed by atoms with Crippen LogP contribution >= 0.6 is 11.6 Å². The van der Waals surface area contributed by atoms with Gasteiger partial charge in [0.15, 0.2) is 5.65 Å². The molecule has 0 aliphatic carbocycles. The summed E-state index contributed by atoms with van der Waals surface area (Å²) >= 11 is 6.01. The minimum atomic E-state index is -4.38. The first-order chi connectivity index (χ1) is 15.4. The third-order valence-corrected chi connectivity index (χ3v) is 5.26. The van der Waals surface area contributed by atoms with Gasteiger partial charge in [0.2, 0.25) is 11.9 Å². The molecule has 3 aromatic heterocycles. The molecule has 1 aliphatic heterocycles. The lowest BCUT2D eigenvalue weighted by Crippen LogP contribution is -2.37. The third kappa shape index (κ3) is 4.28. The van der Waals surface area contributed by atoms with Gasteiger partial charge in [0.05, 0.1) is 43.4 Å². The summed E-state index contributed by atoms with van der Waals surface area (Å²) in [7, 11) is 0. The van der Waals surface area contributed by atoms with Gasteiger partial charge in [-0.2, -0.15) is 32.8 Å². The number of anilines is 2. The summed E-state index contributed by atoms with van der Waals surface area (Å²) < 4.78 is 45.8. The molecule has 1 aliphatic rings. The zero-order valence-electron chi connectivity index (χ0n) is 16.7. The Labute approximate surface area is 184 Å². The van der Waals surface area contributed by atoms with Crippen molar-refractivity contribution in [1.29, 1.82) is 0 Å². The molecule has 1 aromatic carbocycles. The summed E-state index contributed by atoms with van der Waals surface area (Å²) in [6.07, 6.45) is -4.33. The fourth-order valence-electron chi connectivity index (χ4n) is 3.55. The summed E-state index contributed by atoms with van der Waals surface area (Å²) in [4.78, 5) is 18.4. The smallest absolute Gasteiger partial charge is 0.378 e. The van der Waals surface area contributed by atoms with E-state index in [9.17, 15) is 13.2 Å². The molecule has 0 unspecified atom stereocenters. The zero-order valence-corrected chi connectivity index (χ0v) is 17.4. The van der Waals surface area contributed by atoms with E-state index >= 15 is 0 Å². The lowest BCUT2D eigenvalue weighted by Gasteiger charge is -2.27. The van der Waals surface area contributed by atoms with Crippen molar-refractivity contribution in [2.24, 2.45) is 0 Å². The second kappa shape index (κ2) is 8.10. The van der Waals surface area contributed by atoms with Gasteiger partial charge in [0, 0.05) is 23.7 Å². The van der Waals surface area contributed by atoms with Crippen molar-refractivity contribution in [1.82, 2.24) is 29.5 Å². The summed E-state index contributed by atoms with van der Waals surface area (Å²) in [5.74, 6) is 1.21. The number of alkyl halides is 3. The number of aromatic nitrogens is 6. The molecule has 2 N–H and O–H groups in total. The van der Waals surface area contributed by atoms with Crippen LogP contribution in [0, 0.1) is 0 Å². The lowest BCUT2D eigenvalue weighted by atomic mass is 10.2. The topological polar surface area (TPSA) is 96.3 Å². The largest absolute Gasteiger partial charge is 0.393 e. The van der Waals surface area contributed by atoms with Gasteiger partial charge in [-0.3, -0.25) is 0 Å². The second-order valence-electron chi connectivity index (χ2n) is 7.34. The van der Waals surface area contributed by atoms with E-state index in [0.717, 1.165) is 5.52 Å². The monoisotopic (exact) mass is 466 g/mol. The Kier molecular flexibility index (Phi) is 5.25. The average Bonchev–Trinajstić information content (AvgIpc) is 3.35. The number of halogens is 4. The van der Waals surface area contributed by atoms with Gasteiger partial charge in [0.1, 0.15) is 5.82 Å². The molecule has 1 fully saturated rings. The number of benzene rings is 1. The summed E-state index contributed by atoms with van der Waals surface area (Å²) in [6.45, 7) is 2.32. The molecule has 0 amide bonds. The molecule has 4 aromatic rings. The number of hydrogen-bond acceptors (Lipinski definition) is 7. The highest BCUT2D eigenvalue weighted by Crippen LogP contribution is 2.26. The Hall–Kier alpha value is -3.12. The van der Waals surface area contributed by atoms with E-state index in [-0.39, 0.29) is 23.7 Å². The number of morpholine rings is 1. The number of H-pyrrole nitrogens is 1. The molecule has 9 nitrogen and oxygen atoms in total. The Morgan fingerprint density at radius 2 is 1.97 bits per heavy atom. The van der Waals surface area contributed by atoms with Crippen LogP contribution in [-0.2, 0) is 17.7 Å². The molecule has 1 saturated heterocycles. The van der Waals surface area contributed by atoms with Crippen LogP contribution in [0.1, 0.15) is 11.4 Å². The van der Waals surface area contributed by atoms with Gasteiger partial charge in [-0.1, -0.05) is 11.6 Å². The van der Waals surface area contributed by atoms with Gasteiger partial charge < -0.3 is 19.9 Å². The molecule has 0 spiro atoms. The first kappa shape index (κ1) is 20.8. The number of nitrogens with one attached hydrogen (secondary N) is 2. The molecule has 32 heavy (non-hydrogen) atoms. The maximum Gasteiger partial charge on any atom is 0.393 e. The molecule has 0 saturated carbocycles. The van der Waals surface area contributed by atoms with Crippen molar-refractivity contribution in [3.8, 4) is 0 Å². The predicted octanol–water partition coefficient (Wildman–Crippen LogP) is 3.21. The molecule has 168 valence electrons. The molecule has 0 atom stereocenters. The first-order valence-corrected chi connectivity index (χ1v) is 10.3. The molecule has 4 heterocycles. The normalized spacial score (nSPS) is 15.1. The molecule has 5 rings (SSSR count). The minimum Gasteiger partial charge on any atom is -0.378 e. The maximum atomic E-state index is 13.1. The van der Waals surface area contributed by atoms with Gasteiger partial charge >= 0.3 is 6.18 Å². The SMILES string of the molecule is FC(F)(F)Cc1cnn2c(NCc3nc4cc(Cl)ccc4[nH]3)nc(N3CCOCC3)nc12. The van der Waals surface area contributed by atoms with Crippen LogP contribution in [0.3, 0.4) is 0 Å². The maximum absolute atomic E-state index is 13.1. The number of nitrogens with zero attached hydrogens (tertiary/aromatic N) is 6. The number of rotatable bonds is 5. The first-order valence-electron chi connectivity index (χ1n) is 9.88. The van der Waals surface area contributed by atoms with Gasteiger partial charge in [0.25, 0.3) is 0 Å². The average molecular weight is 467 g/mol. The highest BCUT2D eigenvalue weighted by molar-refractivity contribution is 6.31. The van der Waals surface area contributed by atoms with E-state index in [2.05, 4.69) is 30.4 Å². The van der Waals surface area contributed by atoms with E-state index in [1.54, 1.807) is 12.1 Å². The second-order valence-corrected chi connectivity index (χ2v) is 7.78. The van der Waals surface area contributed by atoms with Crippen molar-refractivity contribution in [3.05, 3.63) is 40.8 Å². The van der Waals surface area contributed by atoms with Crippen molar-refractivity contribution in [2.75, 3.05) is 36.5 Å². The number of aromatic amines is 1. The summed E-state index contributed by atoms with van der Waals surface area (Å²) in [6, 6.07) is 5.32. The Morgan fingerprint density at radius 1 is 1.16 bits per heavy atom. The highest BCUT2D eigenvalue weighted by atomic mass is 35.5. The van der Waals surface area contributed by atoms with Gasteiger partial charge in [-0.05, 0) is 18.2 Å². The van der Waals surface area contributed by atoms with E-state index in [0.29, 0.717) is 48.6 Å². The van der Waals surface area contributed by atoms with Crippen LogP contribution in [0.5, 0.6) is 0 Å². The standard InChI is InChI=1S/C19H18ClF3N8O/c20-12-1-2-13-14(7-12)27-15(26-13)10-24-17-29-18(30-3-5-32-6-4-30)28-16-11(8-19(21,22)23)9-25-31(16)17/h1-2,7,9H,3-6,8,10H2,(H,26,27)(H,24,28,29). The van der Waals surface area contributed by atoms with Crippen LogP contribution in [-0.4, -0.2) is 62.0 Å². The van der Waals surface area contributed by atoms with Crippen LogP contribution in [0.2, 0.25) is 5.02 Å². The quantitative estimate of drug-likeness (QED) is 0.466. The van der Waals surface area contributed by atoms with E-state index in [1.165, 1.54) is 10.7 Å². The molecule has 0 bridgehead atoms. The summed E-state index contributed by atoms with van der Waals surface area (Å²) in [5, 5.41) is 7.79. The van der Waals surface area contributed by atoms with Crippen LogP contribution in [0.15, 0.2) is 24.4 Å². The van der Waals surface area contributed by atoms with Crippen LogP contribution in [0.4, 0.5) is 25.1 Å². The number of hydrogen-bond donors (Lipinski definition) is 2. The van der Waals surface area contributed by atoms with Crippen molar-refractivity contribution in [3.63, 3.8) is 0 Å². The minimum absolute atomic E-state index is 0.0177. The fourth-order valence-corrected chi connectivity index (χ4v) is 3.72. The number of ether oxygens (including phenoxy) is 1. The van der Waals surface area contributed by atoms with Gasteiger partial charge in [-0.15, -0.1) is 0 Å². The van der Waals surface area contributed by atoms with Crippen LogP contribution in [0.25, 0.3) is 16.7 Å². The van der Waals surface area contributed by atoms with Crippen molar-refractivity contribution in [2.45, 2.75) is 19.1 Å². The third-order valence-electron chi connectivity index (χ3n) is 5.02. The van der Waals surface area contributed by atoms with Gasteiger partial charge in [-0.25, -0.2) is 4.98 Å². The lowest BCUT2D eigenvalue weighted by molar-refractivity contribution is -0.127. The summed E-state index contributed by atoms with van der Waals surface area (Å²) in [5.41, 5.74) is 1.62. The zero-order chi connectivity index (χ0) is 22.3. The van der Waals surface area contributed by atoms with Crippen LogP contribution < -0.4 is 10.2 Å². The predicted molar refractivity (Wildman–Crippen MR) is 112 cm³/mol. The Morgan fingerprint density at radius 3 is 2.75 bits per heavy atom. The van der Waals surface area contributed by atoms with E-state index in [4.69, 9.17) is 16.3 Å². The van der Waals surface area contributed by atoms with E-state index < -0.39 is 12.6 Å². The number of imidazole rings is 1. The molecule has 0 radical (unpaired) electrons. The highest BCUT2D eigenvalue weighted by Gasteiger charge is 2.30. The molecule has 13 heteroatoms. The van der Waals surface area contributed by atoms with E-state index in [1.807, 2.05) is 11.0 Å². The fraction of sp³-hybridized carbons (Fsp3) is 0.368. The van der Waals surface area contributed by atoms with Crippen molar-refractivity contribution >= 4 is 40.2 Å². The molecular weight excluding hydrogens is 449 g/mol. The number of fused-ring (bicyclic) bond motifs is 2.